The molecule has 2 amide bonds. The summed E-state index contributed by atoms with van der Waals surface area (Å²) in [5.41, 5.74) is 6.95. The molecule has 134 valence electrons. The number of thiophene rings is 1. The van der Waals surface area contributed by atoms with Gasteiger partial charge in [-0.2, -0.15) is 0 Å². The van der Waals surface area contributed by atoms with Crippen molar-refractivity contribution in [3.63, 3.8) is 0 Å². The molecule has 3 rings (SSSR count). The van der Waals surface area contributed by atoms with Gasteiger partial charge >= 0.3 is 5.91 Å². The lowest BCUT2D eigenvalue weighted by atomic mass is 10.0. The number of carbonyl (C=O) groups excluding carboxylic acids is 2. The van der Waals surface area contributed by atoms with Crippen LogP contribution in [-0.4, -0.2) is 18.4 Å². The first-order valence-electron chi connectivity index (χ1n) is 8.09. The zero-order chi connectivity index (χ0) is 18.4. The minimum absolute atomic E-state index is 0.0505. The number of nitrogens with one attached hydrogen (secondary N) is 3. The van der Waals surface area contributed by atoms with Gasteiger partial charge in [0.15, 0.2) is 5.76 Å². The lowest BCUT2D eigenvalue weighted by molar-refractivity contribution is -0.121. The van der Waals surface area contributed by atoms with Crippen LogP contribution >= 0.6 is 11.3 Å². The third-order valence-electron chi connectivity index (χ3n) is 3.77. The van der Waals surface area contributed by atoms with Crippen LogP contribution in [0.15, 0.2) is 64.6 Å². The summed E-state index contributed by atoms with van der Waals surface area (Å²) >= 11 is 1.62. The van der Waals surface area contributed by atoms with Crippen LogP contribution in [-0.2, 0) is 4.79 Å². The van der Waals surface area contributed by atoms with E-state index >= 15 is 0 Å². The second kappa shape index (κ2) is 8.46. The van der Waals surface area contributed by atoms with Crippen molar-refractivity contribution in [2.24, 2.45) is 0 Å². The van der Waals surface area contributed by atoms with E-state index in [0.29, 0.717) is 0 Å². The summed E-state index contributed by atoms with van der Waals surface area (Å²) in [6.07, 6.45) is 1.39. The predicted molar refractivity (Wildman–Crippen MR) is 99.7 cm³/mol. The van der Waals surface area contributed by atoms with Crippen LogP contribution in [0, 0.1) is 6.92 Å². The zero-order valence-corrected chi connectivity index (χ0v) is 15.0. The summed E-state index contributed by atoms with van der Waals surface area (Å²) in [4.78, 5) is 24.9. The number of benzene rings is 1. The Morgan fingerprint density at radius 1 is 1.08 bits per heavy atom. The first-order valence-corrected chi connectivity index (χ1v) is 8.97. The van der Waals surface area contributed by atoms with Crippen molar-refractivity contribution in [3.05, 3.63) is 81.9 Å². The fourth-order valence-corrected chi connectivity index (χ4v) is 3.26. The minimum atomic E-state index is -0.503. The molecule has 0 aliphatic rings. The Morgan fingerprint density at radius 3 is 2.54 bits per heavy atom. The van der Waals surface area contributed by atoms with Crippen molar-refractivity contribution < 1.29 is 14.0 Å². The van der Waals surface area contributed by atoms with Crippen molar-refractivity contribution in [1.29, 1.82) is 0 Å². The lowest BCUT2D eigenvalue weighted by Gasteiger charge is -2.18. The fraction of sp³-hybridized carbons (Fsp3) is 0.158. The third-order valence-corrected chi connectivity index (χ3v) is 4.70. The molecule has 0 spiro atoms. The van der Waals surface area contributed by atoms with E-state index in [4.69, 9.17) is 4.42 Å². The number of hydrogen-bond acceptors (Lipinski definition) is 5. The second-order valence-corrected chi connectivity index (χ2v) is 6.70. The number of hydrogen-bond donors (Lipinski definition) is 3. The van der Waals surface area contributed by atoms with Gasteiger partial charge in [-0.05, 0) is 36.1 Å². The maximum atomic E-state index is 12.1. The Labute approximate surface area is 155 Å². The summed E-state index contributed by atoms with van der Waals surface area (Å²) < 4.78 is 4.96. The Bertz CT molecular complexity index is 843. The van der Waals surface area contributed by atoms with Crippen molar-refractivity contribution in [1.82, 2.24) is 16.2 Å². The lowest BCUT2D eigenvalue weighted by Crippen LogP contribution is -2.45. The molecule has 0 saturated carbocycles. The molecule has 0 aliphatic carbocycles. The normalized spacial score (nSPS) is 11.7. The molecule has 0 bridgehead atoms. The Hall–Kier alpha value is -2.90. The monoisotopic (exact) mass is 369 g/mol. The number of furan rings is 1. The third kappa shape index (κ3) is 4.59. The highest BCUT2D eigenvalue weighted by Gasteiger charge is 2.16. The molecule has 0 radical (unpaired) electrons. The summed E-state index contributed by atoms with van der Waals surface area (Å²) in [7, 11) is 0. The van der Waals surface area contributed by atoms with E-state index in [1.807, 2.05) is 48.7 Å². The van der Waals surface area contributed by atoms with Gasteiger partial charge in [-0.3, -0.25) is 25.8 Å². The van der Waals surface area contributed by atoms with Crippen molar-refractivity contribution >= 4 is 23.2 Å². The van der Waals surface area contributed by atoms with E-state index in [2.05, 4.69) is 16.2 Å². The maximum absolute atomic E-state index is 12.1. The number of amides is 2. The average Bonchev–Trinajstić information content (AvgIpc) is 3.35. The molecule has 3 aromatic rings. The SMILES string of the molecule is Cc1ccc([C@@H](NCC(=O)NNC(=O)c2ccco2)c2cccs2)cc1. The Morgan fingerprint density at radius 2 is 1.88 bits per heavy atom. The summed E-state index contributed by atoms with van der Waals surface area (Å²) in [5.74, 6) is -0.718. The minimum Gasteiger partial charge on any atom is -0.459 e. The van der Waals surface area contributed by atoms with E-state index in [1.54, 1.807) is 17.4 Å². The first kappa shape index (κ1) is 17.9. The maximum Gasteiger partial charge on any atom is 0.305 e. The van der Waals surface area contributed by atoms with Crippen LogP contribution in [0.3, 0.4) is 0 Å². The molecule has 0 fully saturated rings. The van der Waals surface area contributed by atoms with Crippen molar-refractivity contribution in [2.45, 2.75) is 13.0 Å². The van der Waals surface area contributed by atoms with E-state index in [0.717, 1.165) is 10.4 Å². The topological polar surface area (TPSA) is 83.4 Å². The smallest absolute Gasteiger partial charge is 0.305 e. The number of carbonyl (C=O) groups is 2. The molecule has 2 heterocycles. The van der Waals surface area contributed by atoms with Crippen molar-refractivity contribution in [2.75, 3.05) is 6.54 Å². The van der Waals surface area contributed by atoms with Gasteiger partial charge in [-0.15, -0.1) is 11.3 Å². The molecule has 2 aromatic heterocycles. The highest BCUT2D eigenvalue weighted by Crippen LogP contribution is 2.26. The average molecular weight is 369 g/mol. The molecule has 0 saturated heterocycles. The van der Waals surface area contributed by atoms with Crippen LogP contribution < -0.4 is 16.2 Å². The second-order valence-electron chi connectivity index (χ2n) is 5.72. The van der Waals surface area contributed by atoms with Gasteiger partial charge in [0.05, 0.1) is 18.8 Å². The molecule has 0 unspecified atom stereocenters. The Kier molecular flexibility index (Phi) is 5.83. The molecule has 3 N–H and O–H groups in total. The number of rotatable bonds is 6. The van der Waals surface area contributed by atoms with Crippen LogP contribution in [0.4, 0.5) is 0 Å². The summed E-state index contributed by atoms with van der Waals surface area (Å²) in [6.45, 7) is 2.08. The van der Waals surface area contributed by atoms with Crippen LogP contribution in [0.25, 0.3) is 0 Å². The molecular formula is C19H19N3O3S. The number of hydrazine groups is 1. The predicted octanol–water partition coefficient (Wildman–Crippen LogP) is 2.79. The van der Waals surface area contributed by atoms with Crippen LogP contribution in [0.1, 0.15) is 32.6 Å². The molecule has 1 atom stereocenters. The van der Waals surface area contributed by atoms with E-state index < -0.39 is 5.91 Å². The van der Waals surface area contributed by atoms with Gasteiger partial charge in [-0.1, -0.05) is 35.9 Å². The van der Waals surface area contributed by atoms with Crippen LogP contribution in [0.2, 0.25) is 0 Å². The molecule has 7 heteroatoms. The quantitative estimate of drug-likeness (QED) is 0.584. The van der Waals surface area contributed by atoms with E-state index in [-0.39, 0.29) is 24.3 Å². The fourth-order valence-electron chi connectivity index (χ4n) is 2.43. The van der Waals surface area contributed by atoms with E-state index in [9.17, 15) is 9.59 Å². The van der Waals surface area contributed by atoms with Gasteiger partial charge in [-0.25, -0.2) is 0 Å². The molecule has 1 aromatic carbocycles. The Balaban J connectivity index is 1.58. The summed E-state index contributed by atoms with van der Waals surface area (Å²) in [6, 6.07) is 15.2. The van der Waals surface area contributed by atoms with Gasteiger partial charge in [0.2, 0.25) is 0 Å². The first-order chi connectivity index (χ1) is 12.6. The number of aryl methyl sites for hydroxylation is 1. The van der Waals surface area contributed by atoms with Gasteiger partial charge < -0.3 is 4.42 Å². The molecular weight excluding hydrogens is 350 g/mol. The highest BCUT2D eigenvalue weighted by molar-refractivity contribution is 7.10. The van der Waals surface area contributed by atoms with Gasteiger partial charge in [0.25, 0.3) is 5.91 Å². The van der Waals surface area contributed by atoms with Gasteiger partial charge in [0.1, 0.15) is 0 Å². The standard InChI is InChI=1S/C19H19N3O3S/c1-13-6-8-14(9-7-13)18(16-5-3-11-26-16)20-12-17(23)21-22-19(24)15-4-2-10-25-15/h2-11,18,20H,12H2,1H3,(H,21,23)(H,22,24)/t18-/m1/s1. The summed E-state index contributed by atoms with van der Waals surface area (Å²) in [5, 5.41) is 5.24. The largest absolute Gasteiger partial charge is 0.459 e. The highest BCUT2D eigenvalue weighted by atomic mass is 32.1. The van der Waals surface area contributed by atoms with Crippen LogP contribution in [0.5, 0.6) is 0 Å². The molecule has 26 heavy (non-hydrogen) atoms. The van der Waals surface area contributed by atoms with Crippen molar-refractivity contribution in [3.8, 4) is 0 Å². The van der Waals surface area contributed by atoms with E-state index in [1.165, 1.54) is 17.9 Å². The molecule has 6 nitrogen and oxygen atoms in total. The molecule has 0 aliphatic heterocycles. The zero-order valence-electron chi connectivity index (χ0n) is 14.2. The van der Waals surface area contributed by atoms with Gasteiger partial charge in [0, 0.05) is 4.88 Å².